The van der Waals surface area contributed by atoms with Gasteiger partial charge >= 0.3 is 11.9 Å². The average Bonchev–Trinajstić information content (AvgIpc) is 3.06. The minimum atomic E-state index is -1.24. The van der Waals surface area contributed by atoms with Gasteiger partial charge in [-0.25, -0.2) is 0 Å². The van der Waals surface area contributed by atoms with E-state index < -0.39 is 17.4 Å². The minimum Gasteiger partial charge on any atom is -0.468 e. The third-order valence-corrected chi connectivity index (χ3v) is 7.48. The molecule has 4 nitrogen and oxygen atoms in total. The molecular formula is C24H28O4S. The summed E-state index contributed by atoms with van der Waals surface area (Å²) in [7, 11) is 2.68. The van der Waals surface area contributed by atoms with Gasteiger partial charge in [0.25, 0.3) is 0 Å². The Hall–Kier alpha value is -2.27. The minimum absolute atomic E-state index is 0.152. The number of carbonyl (C=O) groups excluding carboxylic acids is 2. The molecule has 3 rings (SSSR count). The van der Waals surface area contributed by atoms with Gasteiger partial charge in [0.2, 0.25) is 0 Å². The molecule has 1 aliphatic rings. The van der Waals surface area contributed by atoms with Crippen molar-refractivity contribution in [2.45, 2.75) is 31.1 Å². The summed E-state index contributed by atoms with van der Waals surface area (Å²) in [5.41, 5.74) is -0.257. The van der Waals surface area contributed by atoms with Gasteiger partial charge in [0.15, 0.2) is 5.41 Å². The van der Waals surface area contributed by atoms with Crippen LogP contribution < -0.4 is 0 Å². The van der Waals surface area contributed by atoms with Gasteiger partial charge in [-0.3, -0.25) is 9.59 Å². The highest BCUT2D eigenvalue weighted by atomic mass is 32.2. The number of esters is 2. The van der Waals surface area contributed by atoms with Crippen LogP contribution >= 0.6 is 11.8 Å². The number of hydrogen-bond donors (Lipinski definition) is 0. The van der Waals surface area contributed by atoms with E-state index in [1.54, 1.807) is 11.8 Å². The molecule has 0 heterocycles. The molecule has 0 saturated heterocycles. The van der Waals surface area contributed by atoms with E-state index in [-0.39, 0.29) is 11.3 Å². The van der Waals surface area contributed by atoms with Crippen molar-refractivity contribution >= 4 is 23.7 Å². The molecule has 29 heavy (non-hydrogen) atoms. The Morgan fingerprint density at radius 3 is 2.07 bits per heavy atom. The maximum absolute atomic E-state index is 12.8. The van der Waals surface area contributed by atoms with E-state index in [9.17, 15) is 9.59 Å². The smallest absolute Gasteiger partial charge is 0.323 e. The first-order chi connectivity index (χ1) is 13.9. The number of ether oxygens (including phenoxy) is 2. The molecule has 1 saturated carbocycles. The van der Waals surface area contributed by atoms with E-state index in [2.05, 4.69) is 31.2 Å². The maximum Gasteiger partial charge on any atom is 0.323 e. The van der Waals surface area contributed by atoms with E-state index in [4.69, 9.17) is 9.47 Å². The van der Waals surface area contributed by atoms with Gasteiger partial charge in [0, 0.05) is 10.6 Å². The van der Waals surface area contributed by atoms with E-state index >= 15 is 0 Å². The van der Waals surface area contributed by atoms with Gasteiger partial charge in [-0.2, -0.15) is 0 Å². The first-order valence-electron chi connectivity index (χ1n) is 9.82. The number of rotatable bonds is 7. The van der Waals surface area contributed by atoms with Gasteiger partial charge in [-0.05, 0) is 48.3 Å². The van der Waals surface area contributed by atoms with Gasteiger partial charge in [-0.15, -0.1) is 11.8 Å². The third-order valence-electron chi connectivity index (χ3n) is 6.08. The SMILES string of the molecule is COC(=O)C1(C(=O)OC)CC(Cc2ccccc2)C(C)(CSc2ccccc2)C1. The van der Waals surface area contributed by atoms with Gasteiger partial charge in [-0.1, -0.05) is 55.5 Å². The van der Waals surface area contributed by atoms with E-state index in [0.717, 1.165) is 12.2 Å². The highest BCUT2D eigenvalue weighted by Gasteiger charge is 2.61. The summed E-state index contributed by atoms with van der Waals surface area (Å²) >= 11 is 1.77. The van der Waals surface area contributed by atoms with Crippen LogP contribution in [0.1, 0.15) is 25.3 Å². The molecule has 154 valence electrons. The van der Waals surface area contributed by atoms with Crippen LogP contribution in [-0.4, -0.2) is 31.9 Å². The first kappa shape index (κ1) is 21.4. The quantitative estimate of drug-likeness (QED) is 0.372. The second-order valence-corrected chi connectivity index (χ2v) is 9.14. The molecule has 1 fully saturated rings. The monoisotopic (exact) mass is 412 g/mol. The zero-order valence-corrected chi connectivity index (χ0v) is 18.0. The predicted octanol–water partition coefficient (Wildman–Crippen LogP) is 4.77. The molecule has 2 unspecified atom stereocenters. The number of carbonyl (C=O) groups is 2. The van der Waals surface area contributed by atoms with Crippen LogP contribution in [-0.2, 0) is 25.5 Å². The second kappa shape index (κ2) is 9.04. The third kappa shape index (κ3) is 4.50. The number of methoxy groups -OCH3 is 2. The Morgan fingerprint density at radius 1 is 0.966 bits per heavy atom. The summed E-state index contributed by atoms with van der Waals surface area (Å²) < 4.78 is 10.1. The van der Waals surface area contributed by atoms with E-state index in [1.807, 2.05) is 36.4 Å². The van der Waals surface area contributed by atoms with Crippen molar-refractivity contribution in [1.82, 2.24) is 0 Å². The Balaban J connectivity index is 1.92. The molecule has 5 heteroatoms. The Kier molecular flexibility index (Phi) is 6.68. The fourth-order valence-electron chi connectivity index (χ4n) is 4.51. The van der Waals surface area contributed by atoms with Crippen molar-refractivity contribution in [2.75, 3.05) is 20.0 Å². The Morgan fingerprint density at radius 2 is 1.52 bits per heavy atom. The lowest BCUT2D eigenvalue weighted by Crippen LogP contribution is -2.40. The molecule has 0 spiro atoms. The number of hydrogen-bond acceptors (Lipinski definition) is 5. The van der Waals surface area contributed by atoms with Crippen molar-refractivity contribution in [3.8, 4) is 0 Å². The molecule has 2 aromatic rings. The van der Waals surface area contributed by atoms with Crippen LogP contribution in [0, 0.1) is 16.7 Å². The lowest BCUT2D eigenvalue weighted by atomic mass is 9.77. The standard InChI is InChI=1S/C24H28O4S/c1-23(17-29-20-12-8-5-9-13-20)16-24(21(25)27-2,22(26)28-3)15-19(23)14-18-10-6-4-7-11-18/h4-13,19H,14-17H2,1-3H3. The molecule has 2 aromatic carbocycles. The van der Waals surface area contributed by atoms with E-state index in [0.29, 0.717) is 12.8 Å². The normalized spacial score (nSPS) is 22.8. The van der Waals surface area contributed by atoms with Crippen molar-refractivity contribution in [2.24, 2.45) is 16.7 Å². The fourth-order valence-corrected chi connectivity index (χ4v) is 5.69. The summed E-state index contributed by atoms with van der Waals surface area (Å²) in [6.07, 6.45) is 1.67. The van der Waals surface area contributed by atoms with Crippen LogP contribution in [0.2, 0.25) is 0 Å². The first-order valence-corrected chi connectivity index (χ1v) is 10.8. The van der Waals surface area contributed by atoms with E-state index in [1.165, 1.54) is 24.7 Å². The van der Waals surface area contributed by atoms with Crippen molar-refractivity contribution in [1.29, 1.82) is 0 Å². The molecule has 2 atom stereocenters. The topological polar surface area (TPSA) is 52.6 Å². The zero-order valence-electron chi connectivity index (χ0n) is 17.2. The highest BCUT2D eigenvalue weighted by Crippen LogP contribution is 2.57. The van der Waals surface area contributed by atoms with Crippen LogP contribution in [0.4, 0.5) is 0 Å². The van der Waals surface area contributed by atoms with Gasteiger partial charge in [0.1, 0.15) is 0 Å². The highest BCUT2D eigenvalue weighted by molar-refractivity contribution is 7.99. The van der Waals surface area contributed by atoms with Crippen molar-refractivity contribution in [3.63, 3.8) is 0 Å². The summed E-state index contributed by atoms with van der Waals surface area (Å²) in [4.78, 5) is 26.7. The summed E-state index contributed by atoms with van der Waals surface area (Å²) in [5.74, 6) is -0.0180. The number of thioether (sulfide) groups is 1. The molecule has 0 amide bonds. The van der Waals surface area contributed by atoms with Gasteiger partial charge in [0.05, 0.1) is 14.2 Å². The average molecular weight is 413 g/mol. The van der Waals surface area contributed by atoms with Crippen LogP contribution in [0.25, 0.3) is 0 Å². The fraction of sp³-hybridized carbons (Fsp3) is 0.417. The Labute approximate surface area is 177 Å². The summed E-state index contributed by atoms with van der Waals surface area (Å²) in [6, 6.07) is 20.5. The van der Waals surface area contributed by atoms with Crippen molar-refractivity contribution in [3.05, 3.63) is 66.2 Å². The zero-order chi connectivity index (χ0) is 20.9. The maximum atomic E-state index is 12.8. The van der Waals surface area contributed by atoms with Crippen LogP contribution in [0.3, 0.4) is 0 Å². The second-order valence-electron chi connectivity index (χ2n) is 8.09. The largest absolute Gasteiger partial charge is 0.468 e. The summed E-state index contributed by atoms with van der Waals surface area (Å²) in [6.45, 7) is 2.18. The van der Waals surface area contributed by atoms with Crippen LogP contribution in [0.5, 0.6) is 0 Å². The Bertz CT molecular complexity index is 820. The molecule has 0 aromatic heterocycles. The number of benzene rings is 2. The molecular weight excluding hydrogens is 384 g/mol. The molecule has 1 aliphatic carbocycles. The predicted molar refractivity (Wildman–Crippen MR) is 115 cm³/mol. The van der Waals surface area contributed by atoms with Crippen LogP contribution in [0.15, 0.2) is 65.6 Å². The van der Waals surface area contributed by atoms with Gasteiger partial charge < -0.3 is 9.47 Å². The lowest BCUT2D eigenvalue weighted by molar-refractivity contribution is -0.169. The lowest BCUT2D eigenvalue weighted by Gasteiger charge is -2.32. The molecule has 0 N–H and O–H groups in total. The van der Waals surface area contributed by atoms with Crippen molar-refractivity contribution < 1.29 is 19.1 Å². The molecule has 0 radical (unpaired) electrons. The molecule has 0 bridgehead atoms. The summed E-state index contributed by atoms with van der Waals surface area (Å²) in [5, 5.41) is 0. The molecule has 0 aliphatic heterocycles.